The van der Waals surface area contributed by atoms with Gasteiger partial charge in [0.1, 0.15) is 5.82 Å². The van der Waals surface area contributed by atoms with Gasteiger partial charge in [-0.25, -0.2) is 17.5 Å². The molecule has 0 aliphatic heterocycles. The molecule has 154 valence electrons. The van der Waals surface area contributed by atoms with Gasteiger partial charge < -0.3 is 4.90 Å². The highest BCUT2D eigenvalue weighted by Crippen LogP contribution is 2.29. The number of amides is 1. The lowest BCUT2D eigenvalue weighted by atomic mass is 10.2. The van der Waals surface area contributed by atoms with Crippen LogP contribution >= 0.6 is 0 Å². The minimum absolute atomic E-state index is 0.0105. The topological polar surface area (TPSA) is 83.5 Å². The molecule has 0 bridgehead atoms. The van der Waals surface area contributed by atoms with Crippen LogP contribution in [0.1, 0.15) is 42.1 Å². The van der Waals surface area contributed by atoms with Crippen LogP contribution in [-0.2, 0) is 21.4 Å². The second kappa shape index (κ2) is 8.84. The summed E-state index contributed by atoms with van der Waals surface area (Å²) in [5.74, 6) is -0.674. The van der Waals surface area contributed by atoms with Crippen molar-refractivity contribution in [2.45, 2.75) is 43.7 Å². The number of sulfonamides is 1. The molecule has 3 rings (SSSR count). The van der Waals surface area contributed by atoms with Crippen molar-refractivity contribution in [1.29, 1.82) is 0 Å². The van der Waals surface area contributed by atoms with E-state index in [2.05, 4.69) is 4.72 Å². The van der Waals surface area contributed by atoms with E-state index in [0.717, 1.165) is 12.8 Å². The number of nitrogens with one attached hydrogen (secondary N) is 1. The summed E-state index contributed by atoms with van der Waals surface area (Å²) in [5, 5.41) is 0. The average molecular weight is 418 g/mol. The van der Waals surface area contributed by atoms with Crippen molar-refractivity contribution in [1.82, 2.24) is 9.62 Å². The minimum atomic E-state index is -3.77. The van der Waals surface area contributed by atoms with Gasteiger partial charge in [-0.1, -0.05) is 24.3 Å². The molecule has 0 aromatic heterocycles. The quantitative estimate of drug-likeness (QED) is 0.635. The SMILES string of the molecule is CC(=O)c1ccc(S(=O)(=O)NCCC(=O)N(Cc2cccc(F)c2)C2CC2)cc1. The van der Waals surface area contributed by atoms with Crippen molar-refractivity contribution in [3.8, 4) is 0 Å². The highest BCUT2D eigenvalue weighted by Gasteiger charge is 2.32. The maximum atomic E-state index is 13.4. The fourth-order valence-corrected chi connectivity index (χ4v) is 4.06. The molecule has 29 heavy (non-hydrogen) atoms. The molecule has 0 radical (unpaired) electrons. The van der Waals surface area contributed by atoms with Gasteiger partial charge in [0, 0.05) is 31.1 Å². The molecule has 0 saturated heterocycles. The zero-order valence-electron chi connectivity index (χ0n) is 16.1. The summed E-state index contributed by atoms with van der Waals surface area (Å²) in [6, 6.07) is 11.9. The van der Waals surface area contributed by atoms with E-state index >= 15 is 0 Å². The number of ketones is 1. The fraction of sp³-hybridized carbons (Fsp3) is 0.333. The summed E-state index contributed by atoms with van der Waals surface area (Å²) < 4.78 is 40.6. The van der Waals surface area contributed by atoms with Gasteiger partial charge in [0.15, 0.2) is 5.78 Å². The molecule has 0 unspecified atom stereocenters. The van der Waals surface area contributed by atoms with Gasteiger partial charge in [-0.2, -0.15) is 0 Å². The Morgan fingerprint density at radius 3 is 2.41 bits per heavy atom. The zero-order chi connectivity index (χ0) is 21.0. The van der Waals surface area contributed by atoms with Crippen molar-refractivity contribution in [2.24, 2.45) is 0 Å². The summed E-state index contributed by atoms with van der Waals surface area (Å²) in [5.41, 5.74) is 1.13. The third-order valence-electron chi connectivity index (χ3n) is 4.75. The lowest BCUT2D eigenvalue weighted by Crippen LogP contribution is -2.35. The summed E-state index contributed by atoms with van der Waals surface area (Å²) in [4.78, 5) is 25.6. The first kappa shape index (κ1) is 21.1. The maximum Gasteiger partial charge on any atom is 0.240 e. The number of hydrogen-bond acceptors (Lipinski definition) is 4. The van der Waals surface area contributed by atoms with Gasteiger partial charge in [0.25, 0.3) is 0 Å². The number of carbonyl (C=O) groups excluding carboxylic acids is 2. The van der Waals surface area contributed by atoms with Crippen LogP contribution in [0.5, 0.6) is 0 Å². The predicted octanol–water partition coefficient (Wildman–Crippen LogP) is 2.89. The highest BCUT2D eigenvalue weighted by atomic mass is 32.2. The van der Waals surface area contributed by atoms with Crippen LogP contribution in [0.3, 0.4) is 0 Å². The lowest BCUT2D eigenvalue weighted by molar-refractivity contribution is -0.132. The Kier molecular flexibility index (Phi) is 6.44. The van der Waals surface area contributed by atoms with E-state index in [-0.39, 0.29) is 41.4 Å². The Balaban J connectivity index is 1.57. The smallest absolute Gasteiger partial charge is 0.240 e. The average Bonchev–Trinajstić information content (AvgIpc) is 3.51. The van der Waals surface area contributed by atoms with E-state index in [9.17, 15) is 22.4 Å². The van der Waals surface area contributed by atoms with Gasteiger partial charge >= 0.3 is 0 Å². The molecular formula is C21H23FN2O4S. The number of nitrogens with zero attached hydrogens (tertiary/aromatic N) is 1. The first-order chi connectivity index (χ1) is 13.8. The number of rotatable bonds is 9. The van der Waals surface area contributed by atoms with Crippen LogP contribution in [0.15, 0.2) is 53.4 Å². The van der Waals surface area contributed by atoms with Crippen molar-refractivity contribution >= 4 is 21.7 Å². The molecule has 0 atom stereocenters. The normalized spacial score (nSPS) is 13.9. The molecule has 1 aliphatic rings. The van der Waals surface area contributed by atoms with E-state index in [1.807, 2.05) is 0 Å². The molecule has 2 aromatic carbocycles. The molecule has 0 spiro atoms. The van der Waals surface area contributed by atoms with Crippen LogP contribution in [-0.4, -0.2) is 37.6 Å². The fourth-order valence-electron chi connectivity index (χ4n) is 3.03. The second-order valence-electron chi connectivity index (χ2n) is 7.11. The molecule has 1 amide bonds. The van der Waals surface area contributed by atoms with E-state index in [0.29, 0.717) is 17.7 Å². The molecule has 8 heteroatoms. The van der Waals surface area contributed by atoms with Gasteiger partial charge in [0.2, 0.25) is 15.9 Å². The summed E-state index contributed by atoms with van der Waals surface area (Å²) in [7, 11) is -3.77. The molecule has 1 fully saturated rings. The summed E-state index contributed by atoms with van der Waals surface area (Å²) in [6.07, 6.45) is 1.81. The molecule has 0 heterocycles. The number of halogens is 1. The Labute approximate surface area is 169 Å². The Bertz CT molecular complexity index is 1000. The van der Waals surface area contributed by atoms with E-state index in [4.69, 9.17) is 0 Å². The minimum Gasteiger partial charge on any atom is -0.335 e. The van der Waals surface area contributed by atoms with Crippen LogP contribution < -0.4 is 4.72 Å². The Hall–Kier alpha value is -2.58. The number of carbonyl (C=O) groups is 2. The molecule has 6 nitrogen and oxygen atoms in total. The number of hydrogen-bond donors (Lipinski definition) is 1. The van der Waals surface area contributed by atoms with E-state index < -0.39 is 10.0 Å². The van der Waals surface area contributed by atoms with Crippen molar-refractivity contribution in [2.75, 3.05) is 6.54 Å². The van der Waals surface area contributed by atoms with Crippen molar-refractivity contribution < 1.29 is 22.4 Å². The Morgan fingerprint density at radius 2 is 1.83 bits per heavy atom. The van der Waals surface area contributed by atoms with Gasteiger partial charge in [0.05, 0.1) is 4.90 Å². The lowest BCUT2D eigenvalue weighted by Gasteiger charge is -2.23. The highest BCUT2D eigenvalue weighted by molar-refractivity contribution is 7.89. The van der Waals surface area contributed by atoms with E-state index in [1.54, 1.807) is 17.0 Å². The zero-order valence-corrected chi connectivity index (χ0v) is 16.9. The van der Waals surface area contributed by atoms with E-state index in [1.165, 1.54) is 43.3 Å². The third kappa shape index (κ3) is 5.71. The van der Waals surface area contributed by atoms with Crippen LogP contribution in [0, 0.1) is 5.82 Å². The largest absolute Gasteiger partial charge is 0.335 e. The molecule has 1 saturated carbocycles. The molecular weight excluding hydrogens is 395 g/mol. The molecule has 2 aromatic rings. The van der Waals surface area contributed by atoms with Gasteiger partial charge in [-0.15, -0.1) is 0 Å². The first-order valence-electron chi connectivity index (χ1n) is 9.41. The van der Waals surface area contributed by atoms with Gasteiger partial charge in [-0.3, -0.25) is 9.59 Å². The summed E-state index contributed by atoms with van der Waals surface area (Å²) >= 11 is 0. The van der Waals surface area contributed by atoms with Crippen LogP contribution in [0.25, 0.3) is 0 Å². The molecule has 1 aliphatic carbocycles. The third-order valence-corrected chi connectivity index (χ3v) is 6.23. The predicted molar refractivity (Wildman–Crippen MR) is 106 cm³/mol. The summed E-state index contributed by atoms with van der Waals surface area (Å²) in [6.45, 7) is 1.67. The number of Topliss-reactive ketones (excluding diaryl/α,β-unsaturated/α-hetero) is 1. The standard InChI is InChI=1S/C21H23FN2O4S/c1-15(25)17-5-9-20(10-6-17)29(27,28)23-12-11-21(26)24(19-7-8-19)14-16-3-2-4-18(22)13-16/h2-6,9-10,13,19,23H,7-8,11-12,14H2,1H3. The Morgan fingerprint density at radius 1 is 1.14 bits per heavy atom. The maximum absolute atomic E-state index is 13.4. The van der Waals surface area contributed by atoms with Crippen LogP contribution in [0.2, 0.25) is 0 Å². The van der Waals surface area contributed by atoms with Crippen molar-refractivity contribution in [3.05, 3.63) is 65.5 Å². The van der Waals surface area contributed by atoms with Gasteiger partial charge in [-0.05, 0) is 49.6 Å². The van der Waals surface area contributed by atoms with Crippen LogP contribution in [0.4, 0.5) is 4.39 Å². The van der Waals surface area contributed by atoms with Crippen molar-refractivity contribution in [3.63, 3.8) is 0 Å². The molecule has 1 N–H and O–H groups in total. The number of benzene rings is 2. The first-order valence-corrected chi connectivity index (χ1v) is 10.9. The second-order valence-corrected chi connectivity index (χ2v) is 8.88. The monoisotopic (exact) mass is 418 g/mol.